The third kappa shape index (κ3) is 3.67. The molecule has 0 saturated carbocycles. The molecule has 3 nitrogen and oxygen atoms in total. The average Bonchev–Trinajstić information content (AvgIpc) is 2.39. The topological polar surface area (TPSA) is 37.8 Å². The number of nitrogens with zero attached hydrogens (tertiary/aromatic N) is 2. The highest BCUT2D eigenvalue weighted by atomic mass is 35.5. The van der Waals surface area contributed by atoms with E-state index in [9.17, 15) is 0 Å². The summed E-state index contributed by atoms with van der Waals surface area (Å²) in [6, 6.07) is 5.31. The predicted molar refractivity (Wildman–Crippen MR) is 85.1 cm³/mol. The standard InChI is InChI=1S/C13H11Cl4N3/c1-7(14)12-11(17)13(20-6-19-12)18-5-8-2-3-9(15)4-10(8)16/h2-4,6-7H,5H2,1H3,(H,18,19,20). The van der Waals surface area contributed by atoms with E-state index in [2.05, 4.69) is 15.3 Å². The molecule has 106 valence electrons. The monoisotopic (exact) mass is 349 g/mol. The Morgan fingerprint density at radius 1 is 1.20 bits per heavy atom. The van der Waals surface area contributed by atoms with Gasteiger partial charge in [-0.3, -0.25) is 0 Å². The number of halogens is 4. The summed E-state index contributed by atoms with van der Waals surface area (Å²) in [5, 5.41) is 4.42. The first-order valence-electron chi connectivity index (χ1n) is 5.81. The molecule has 0 aliphatic carbocycles. The Hall–Kier alpha value is -0.740. The number of alkyl halides is 1. The van der Waals surface area contributed by atoms with E-state index in [4.69, 9.17) is 46.4 Å². The van der Waals surface area contributed by atoms with Crippen LogP contribution in [0.3, 0.4) is 0 Å². The first-order valence-corrected chi connectivity index (χ1v) is 7.38. The van der Waals surface area contributed by atoms with E-state index in [0.717, 1.165) is 5.56 Å². The molecule has 7 heteroatoms. The van der Waals surface area contributed by atoms with Gasteiger partial charge in [0.1, 0.15) is 17.2 Å². The molecule has 0 amide bonds. The van der Waals surface area contributed by atoms with Crippen molar-refractivity contribution in [3.05, 3.63) is 50.9 Å². The Bertz CT molecular complexity index is 617. The van der Waals surface area contributed by atoms with Crippen LogP contribution in [0, 0.1) is 0 Å². The highest BCUT2D eigenvalue weighted by Gasteiger charge is 2.13. The van der Waals surface area contributed by atoms with Crippen molar-refractivity contribution in [1.82, 2.24) is 9.97 Å². The van der Waals surface area contributed by atoms with Crippen LogP contribution in [0.15, 0.2) is 24.5 Å². The summed E-state index contributed by atoms with van der Waals surface area (Å²) >= 11 is 24.2. The maximum absolute atomic E-state index is 6.21. The lowest BCUT2D eigenvalue weighted by Crippen LogP contribution is -2.05. The van der Waals surface area contributed by atoms with Crippen LogP contribution in [-0.2, 0) is 6.54 Å². The molecular weight excluding hydrogens is 340 g/mol. The first-order chi connectivity index (χ1) is 9.49. The molecule has 0 aliphatic heterocycles. The van der Waals surface area contributed by atoms with Gasteiger partial charge in [0.25, 0.3) is 0 Å². The number of benzene rings is 1. The molecule has 0 spiro atoms. The smallest absolute Gasteiger partial charge is 0.148 e. The predicted octanol–water partition coefficient (Wildman–Crippen LogP) is 5.35. The van der Waals surface area contributed by atoms with E-state index in [1.54, 1.807) is 19.1 Å². The number of anilines is 1. The van der Waals surface area contributed by atoms with Gasteiger partial charge in [0.2, 0.25) is 0 Å². The summed E-state index contributed by atoms with van der Waals surface area (Å²) in [5.41, 5.74) is 1.49. The molecule has 1 unspecified atom stereocenters. The molecule has 0 aliphatic rings. The van der Waals surface area contributed by atoms with Crippen LogP contribution in [0.2, 0.25) is 15.1 Å². The van der Waals surface area contributed by atoms with Crippen LogP contribution in [-0.4, -0.2) is 9.97 Å². The SMILES string of the molecule is CC(Cl)c1ncnc(NCc2ccc(Cl)cc2Cl)c1Cl. The number of hydrogen-bond acceptors (Lipinski definition) is 3. The number of hydrogen-bond donors (Lipinski definition) is 1. The van der Waals surface area contributed by atoms with E-state index in [1.165, 1.54) is 6.33 Å². The zero-order valence-electron chi connectivity index (χ0n) is 10.5. The molecule has 20 heavy (non-hydrogen) atoms. The normalized spacial score (nSPS) is 12.2. The zero-order valence-corrected chi connectivity index (χ0v) is 13.5. The highest BCUT2D eigenvalue weighted by Crippen LogP contribution is 2.30. The van der Waals surface area contributed by atoms with Crippen molar-refractivity contribution in [2.24, 2.45) is 0 Å². The lowest BCUT2D eigenvalue weighted by molar-refractivity contribution is 0.960. The molecule has 1 heterocycles. The summed E-state index contributed by atoms with van der Waals surface area (Å²) < 4.78 is 0. The minimum Gasteiger partial charge on any atom is -0.365 e. The molecule has 1 aromatic heterocycles. The molecular formula is C13H11Cl4N3. The van der Waals surface area contributed by atoms with E-state index in [-0.39, 0.29) is 5.38 Å². The summed E-state index contributed by atoms with van der Waals surface area (Å²) in [6.45, 7) is 2.28. The van der Waals surface area contributed by atoms with Gasteiger partial charge in [-0.05, 0) is 24.6 Å². The largest absolute Gasteiger partial charge is 0.365 e. The molecule has 0 bridgehead atoms. The highest BCUT2D eigenvalue weighted by molar-refractivity contribution is 6.35. The molecule has 0 fully saturated rings. The van der Waals surface area contributed by atoms with Crippen molar-refractivity contribution >= 4 is 52.2 Å². The average molecular weight is 351 g/mol. The Morgan fingerprint density at radius 3 is 2.60 bits per heavy atom. The van der Waals surface area contributed by atoms with Gasteiger partial charge in [-0.2, -0.15) is 0 Å². The Balaban J connectivity index is 2.17. The fraction of sp³-hybridized carbons (Fsp3) is 0.231. The van der Waals surface area contributed by atoms with Gasteiger partial charge < -0.3 is 5.32 Å². The van der Waals surface area contributed by atoms with Gasteiger partial charge in [-0.1, -0.05) is 40.9 Å². The second-order valence-electron chi connectivity index (χ2n) is 4.13. The molecule has 1 N–H and O–H groups in total. The second-order valence-corrected chi connectivity index (χ2v) is 6.00. The molecule has 2 rings (SSSR count). The third-order valence-corrected chi connectivity index (χ3v) is 3.82. The summed E-state index contributed by atoms with van der Waals surface area (Å²) in [4.78, 5) is 8.17. The van der Waals surface area contributed by atoms with Gasteiger partial charge >= 0.3 is 0 Å². The van der Waals surface area contributed by atoms with Crippen LogP contribution < -0.4 is 5.32 Å². The fourth-order valence-corrected chi connectivity index (χ4v) is 2.65. The lowest BCUT2D eigenvalue weighted by atomic mass is 10.2. The van der Waals surface area contributed by atoms with Crippen molar-refractivity contribution in [1.29, 1.82) is 0 Å². The van der Waals surface area contributed by atoms with Gasteiger partial charge in [0.15, 0.2) is 0 Å². The quantitative estimate of drug-likeness (QED) is 0.755. The van der Waals surface area contributed by atoms with E-state index in [1.807, 2.05) is 6.07 Å². The number of rotatable bonds is 4. The fourth-order valence-electron chi connectivity index (χ4n) is 1.63. The minimum absolute atomic E-state index is 0.287. The minimum atomic E-state index is -0.287. The van der Waals surface area contributed by atoms with Crippen LogP contribution in [0.25, 0.3) is 0 Å². The van der Waals surface area contributed by atoms with E-state index < -0.39 is 0 Å². The van der Waals surface area contributed by atoms with Crippen molar-refractivity contribution in [2.45, 2.75) is 18.8 Å². The van der Waals surface area contributed by atoms with Gasteiger partial charge in [-0.15, -0.1) is 11.6 Å². The zero-order chi connectivity index (χ0) is 14.7. The molecule has 1 atom stereocenters. The Labute approximate surface area is 137 Å². The molecule has 1 aromatic carbocycles. The van der Waals surface area contributed by atoms with Crippen molar-refractivity contribution in [2.75, 3.05) is 5.32 Å². The first kappa shape index (κ1) is 15.6. The maximum atomic E-state index is 6.21. The second kappa shape index (κ2) is 6.81. The van der Waals surface area contributed by atoms with Crippen LogP contribution in [0.5, 0.6) is 0 Å². The van der Waals surface area contributed by atoms with Crippen LogP contribution in [0.4, 0.5) is 5.82 Å². The maximum Gasteiger partial charge on any atom is 0.148 e. The van der Waals surface area contributed by atoms with E-state index >= 15 is 0 Å². The van der Waals surface area contributed by atoms with Gasteiger partial charge in [0.05, 0.1) is 11.1 Å². The van der Waals surface area contributed by atoms with E-state index in [0.29, 0.717) is 33.1 Å². The summed E-state index contributed by atoms with van der Waals surface area (Å²) in [7, 11) is 0. The third-order valence-electron chi connectivity index (χ3n) is 2.65. The summed E-state index contributed by atoms with van der Waals surface area (Å²) in [6.07, 6.45) is 1.42. The Morgan fingerprint density at radius 2 is 1.95 bits per heavy atom. The van der Waals surface area contributed by atoms with Crippen LogP contribution >= 0.6 is 46.4 Å². The molecule has 2 aromatic rings. The Kier molecular flexibility index (Phi) is 5.33. The van der Waals surface area contributed by atoms with Crippen LogP contribution in [0.1, 0.15) is 23.6 Å². The van der Waals surface area contributed by atoms with Gasteiger partial charge in [-0.25, -0.2) is 9.97 Å². The van der Waals surface area contributed by atoms with Gasteiger partial charge in [0, 0.05) is 16.6 Å². The van der Waals surface area contributed by atoms with Crippen molar-refractivity contribution < 1.29 is 0 Å². The molecule has 0 saturated heterocycles. The number of nitrogens with one attached hydrogen (secondary N) is 1. The lowest BCUT2D eigenvalue weighted by Gasteiger charge is -2.12. The molecule has 0 radical (unpaired) electrons. The number of aromatic nitrogens is 2. The summed E-state index contributed by atoms with van der Waals surface area (Å²) in [5.74, 6) is 0.523. The van der Waals surface area contributed by atoms with Crippen molar-refractivity contribution in [3.8, 4) is 0 Å². The van der Waals surface area contributed by atoms with Crippen molar-refractivity contribution in [3.63, 3.8) is 0 Å².